The molecule has 4 rings (SSSR count). The third kappa shape index (κ3) is 4.38. The number of anilines is 1. The van der Waals surface area contributed by atoms with Gasteiger partial charge in [0.2, 0.25) is 12.7 Å². The summed E-state index contributed by atoms with van der Waals surface area (Å²) in [6.45, 7) is 0.447. The van der Waals surface area contributed by atoms with Gasteiger partial charge in [-0.05, 0) is 35.9 Å². The molecule has 3 aromatic carbocycles. The van der Waals surface area contributed by atoms with Gasteiger partial charge in [-0.1, -0.05) is 48.5 Å². The highest BCUT2D eigenvalue weighted by Gasteiger charge is 2.19. The van der Waals surface area contributed by atoms with E-state index in [1.54, 1.807) is 23.1 Å². The SMILES string of the molecule is O=C(NCC(=O)N(Cc1ccccc1)c1ccccc1)c1ccc2c(c1)OCO2. The maximum atomic E-state index is 12.9. The van der Waals surface area contributed by atoms with Crippen LogP contribution < -0.4 is 19.7 Å². The van der Waals surface area contributed by atoms with Gasteiger partial charge in [-0.2, -0.15) is 0 Å². The number of hydrogen-bond donors (Lipinski definition) is 1. The standard InChI is InChI=1S/C23H20N2O4/c26-22(14-24-23(27)18-11-12-20-21(13-18)29-16-28-20)25(19-9-5-2-6-10-19)15-17-7-3-1-4-8-17/h1-13H,14-16H2,(H,24,27). The lowest BCUT2D eigenvalue weighted by atomic mass is 10.2. The summed E-state index contributed by atoms with van der Waals surface area (Å²) in [5.41, 5.74) is 2.20. The molecule has 1 heterocycles. The Morgan fingerprint density at radius 2 is 1.55 bits per heavy atom. The average molecular weight is 388 g/mol. The number of carbonyl (C=O) groups excluding carboxylic acids is 2. The van der Waals surface area contributed by atoms with E-state index in [9.17, 15) is 9.59 Å². The molecule has 1 aliphatic rings. The zero-order chi connectivity index (χ0) is 20.1. The Morgan fingerprint density at radius 3 is 2.31 bits per heavy atom. The molecule has 0 spiro atoms. The number of fused-ring (bicyclic) bond motifs is 1. The first kappa shape index (κ1) is 18.6. The normalized spacial score (nSPS) is 11.7. The Morgan fingerprint density at radius 1 is 0.862 bits per heavy atom. The van der Waals surface area contributed by atoms with Gasteiger partial charge < -0.3 is 19.7 Å². The number of carbonyl (C=O) groups is 2. The van der Waals surface area contributed by atoms with Crippen molar-refractivity contribution < 1.29 is 19.1 Å². The molecule has 0 bridgehead atoms. The van der Waals surface area contributed by atoms with Gasteiger partial charge in [-0.3, -0.25) is 9.59 Å². The van der Waals surface area contributed by atoms with Crippen molar-refractivity contribution >= 4 is 17.5 Å². The maximum absolute atomic E-state index is 12.9. The number of nitrogens with zero attached hydrogens (tertiary/aromatic N) is 1. The number of hydrogen-bond acceptors (Lipinski definition) is 4. The second kappa shape index (κ2) is 8.48. The van der Waals surface area contributed by atoms with E-state index in [4.69, 9.17) is 9.47 Å². The van der Waals surface area contributed by atoms with Crippen LogP contribution in [0.1, 0.15) is 15.9 Å². The lowest BCUT2D eigenvalue weighted by Crippen LogP contribution is -2.40. The van der Waals surface area contributed by atoms with Crippen molar-refractivity contribution in [3.63, 3.8) is 0 Å². The molecule has 146 valence electrons. The predicted octanol–water partition coefficient (Wildman–Crippen LogP) is 3.38. The Balaban J connectivity index is 1.45. The van der Waals surface area contributed by atoms with Crippen LogP contribution in [-0.2, 0) is 11.3 Å². The highest BCUT2D eigenvalue weighted by Crippen LogP contribution is 2.32. The summed E-state index contributed by atoms with van der Waals surface area (Å²) in [5, 5.41) is 2.70. The molecule has 0 aromatic heterocycles. The zero-order valence-corrected chi connectivity index (χ0v) is 15.7. The number of ether oxygens (including phenoxy) is 2. The van der Waals surface area contributed by atoms with Crippen LogP contribution in [0.5, 0.6) is 11.5 Å². The number of para-hydroxylation sites is 1. The number of benzene rings is 3. The van der Waals surface area contributed by atoms with Gasteiger partial charge >= 0.3 is 0 Å². The molecule has 6 heteroatoms. The Hall–Kier alpha value is -3.80. The molecular formula is C23H20N2O4. The molecule has 0 saturated heterocycles. The summed E-state index contributed by atoms with van der Waals surface area (Å²) < 4.78 is 10.6. The molecule has 3 aromatic rings. The predicted molar refractivity (Wildman–Crippen MR) is 109 cm³/mol. The third-order valence-corrected chi connectivity index (χ3v) is 4.59. The van der Waals surface area contributed by atoms with E-state index >= 15 is 0 Å². The highest BCUT2D eigenvalue weighted by molar-refractivity contribution is 6.00. The molecule has 0 radical (unpaired) electrons. The minimum Gasteiger partial charge on any atom is -0.454 e. The third-order valence-electron chi connectivity index (χ3n) is 4.59. The van der Waals surface area contributed by atoms with Crippen molar-refractivity contribution in [1.29, 1.82) is 0 Å². The van der Waals surface area contributed by atoms with Gasteiger partial charge in [0.15, 0.2) is 11.5 Å². The minimum absolute atomic E-state index is 0.116. The van der Waals surface area contributed by atoms with Gasteiger partial charge in [-0.25, -0.2) is 0 Å². The molecule has 0 unspecified atom stereocenters. The molecule has 1 N–H and O–H groups in total. The molecule has 0 aliphatic carbocycles. The lowest BCUT2D eigenvalue weighted by Gasteiger charge is -2.23. The second-order valence-electron chi connectivity index (χ2n) is 6.55. The minimum atomic E-state index is -0.343. The van der Waals surface area contributed by atoms with Crippen molar-refractivity contribution in [3.05, 3.63) is 90.0 Å². The van der Waals surface area contributed by atoms with Crippen LogP contribution in [0.2, 0.25) is 0 Å². The van der Waals surface area contributed by atoms with Crippen molar-refractivity contribution in [2.24, 2.45) is 0 Å². The van der Waals surface area contributed by atoms with Gasteiger partial charge in [0, 0.05) is 11.3 Å². The molecule has 0 atom stereocenters. The first-order valence-corrected chi connectivity index (χ1v) is 9.28. The molecular weight excluding hydrogens is 368 g/mol. The monoisotopic (exact) mass is 388 g/mol. The summed E-state index contributed by atoms with van der Waals surface area (Å²) in [5.74, 6) is 0.591. The Bertz CT molecular complexity index is 1010. The molecule has 0 fully saturated rings. The van der Waals surface area contributed by atoms with Crippen molar-refractivity contribution in [2.75, 3.05) is 18.2 Å². The van der Waals surface area contributed by atoms with E-state index in [0.29, 0.717) is 23.6 Å². The number of amides is 2. The van der Waals surface area contributed by atoms with Crippen LogP contribution in [0.25, 0.3) is 0 Å². The van der Waals surface area contributed by atoms with Gasteiger partial charge in [0.25, 0.3) is 5.91 Å². The smallest absolute Gasteiger partial charge is 0.251 e. The average Bonchev–Trinajstić information content (AvgIpc) is 3.25. The molecule has 1 aliphatic heterocycles. The van der Waals surface area contributed by atoms with E-state index in [1.807, 2.05) is 60.7 Å². The molecule has 6 nitrogen and oxygen atoms in total. The number of nitrogens with one attached hydrogen (secondary N) is 1. The van der Waals surface area contributed by atoms with Gasteiger partial charge in [0.05, 0.1) is 13.1 Å². The second-order valence-corrected chi connectivity index (χ2v) is 6.55. The highest BCUT2D eigenvalue weighted by atomic mass is 16.7. The maximum Gasteiger partial charge on any atom is 0.251 e. The first-order valence-electron chi connectivity index (χ1n) is 9.28. The van der Waals surface area contributed by atoms with Crippen molar-refractivity contribution in [1.82, 2.24) is 5.32 Å². The fraction of sp³-hybridized carbons (Fsp3) is 0.130. The van der Waals surface area contributed by atoms with Crippen LogP contribution in [-0.4, -0.2) is 25.2 Å². The van der Waals surface area contributed by atoms with Crippen LogP contribution in [0.4, 0.5) is 5.69 Å². The summed E-state index contributed by atoms with van der Waals surface area (Å²) in [6.07, 6.45) is 0. The van der Waals surface area contributed by atoms with Crippen molar-refractivity contribution in [2.45, 2.75) is 6.54 Å². The van der Waals surface area contributed by atoms with Gasteiger partial charge in [0.1, 0.15) is 0 Å². The van der Waals surface area contributed by atoms with E-state index in [2.05, 4.69) is 5.32 Å². The van der Waals surface area contributed by atoms with E-state index in [-0.39, 0.29) is 25.2 Å². The lowest BCUT2D eigenvalue weighted by molar-refractivity contribution is -0.117. The zero-order valence-electron chi connectivity index (χ0n) is 15.7. The van der Waals surface area contributed by atoms with Gasteiger partial charge in [-0.15, -0.1) is 0 Å². The fourth-order valence-corrected chi connectivity index (χ4v) is 3.09. The number of rotatable bonds is 6. The van der Waals surface area contributed by atoms with Crippen molar-refractivity contribution in [3.8, 4) is 11.5 Å². The van der Waals surface area contributed by atoms with Crippen LogP contribution in [0.15, 0.2) is 78.9 Å². The topological polar surface area (TPSA) is 67.9 Å². The summed E-state index contributed by atoms with van der Waals surface area (Å²) in [6, 6.07) is 24.1. The fourth-order valence-electron chi connectivity index (χ4n) is 3.09. The summed E-state index contributed by atoms with van der Waals surface area (Å²) >= 11 is 0. The molecule has 2 amide bonds. The summed E-state index contributed by atoms with van der Waals surface area (Å²) in [7, 11) is 0. The Labute approximate surface area is 168 Å². The molecule has 0 saturated carbocycles. The largest absolute Gasteiger partial charge is 0.454 e. The van der Waals surface area contributed by atoms with E-state index in [0.717, 1.165) is 11.3 Å². The summed E-state index contributed by atoms with van der Waals surface area (Å²) in [4.78, 5) is 27.1. The van der Waals surface area contributed by atoms with E-state index < -0.39 is 0 Å². The van der Waals surface area contributed by atoms with Crippen LogP contribution >= 0.6 is 0 Å². The molecule has 29 heavy (non-hydrogen) atoms. The van der Waals surface area contributed by atoms with Crippen LogP contribution in [0, 0.1) is 0 Å². The van der Waals surface area contributed by atoms with Crippen LogP contribution in [0.3, 0.4) is 0 Å². The first-order chi connectivity index (χ1) is 14.2. The van der Waals surface area contributed by atoms with E-state index in [1.165, 1.54) is 0 Å². The quantitative estimate of drug-likeness (QED) is 0.703. The Kier molecular flexibility index (Phi) is 5.42.